The molecule has 0 atom stereocenters. The van der Waals surface area contributed by atoms with E-state index in [4.69, 9.17) is 25.8 Å². The van der Waals surface area contributed by atoms with Crippen molar-refractivity contribution < 1.29 is 27.8 Å². The van der Waals surface area contributed by atoms with Crippen LogP contribution in [0.25, 0.3) is 16.6 Å². The molecule has 0 aliphatic heterocycles. The second-order valence-corrected chi connectivity index (χ2v) is 11.1. The standard InChI is InChI=1S/C30H32ClF2N3O4/c1-17(2)27-34-13-14-36(27)20-9-7-19(8-10-20)15-21-18(3)25-23(38-16-24(37)40-30(4,5)6)12-11-22(31)26(25)35-28(21)39-29(32)33/h7-14,17,29H,15-16H2,1-6H3. The summed E-state index contributed by atoms with van der Waals surface area (Å²) in [6.45, 7) is 7.79. The van der Waals surface area contributed by atoms with Crippen LogP contribution in [0, 0.1) is 6.92 Å². The highest BCUT2D eigenvalue weighted by atomic mass is 35.5. The Hall–Kier alpha value is -3.72. The molecule has 4 rings (SSSR count). The Kier molecular flexibility index (Phi) is 8.63. The highest BCUT2D eigenvalue weighted by Gasteiger charge is 2.23. The third-order valence-electron chi connectivity index (χ3n) is 6.14. The summed E-state index contributed by atoms with van der Waals surface area (Å²) < 4.78 is 44.9. The van der Waals surface area contributed by atoms with E-state index in [0.29, 0.717) is 22.3 Å². The normalized spacial score (nSPS) is 11.9. The molecule has 0 amide bonds. The van der Waals surface area contributed by atoms with E-state index in [1.54, 1.807) is 40.0 Å². The summed E-state index contributed by atoms with van der Waals surface area (Å²) >= 11 is 6.41. The number of carbonyl (C=O) groups is 1. The van der Waals surface area contributed by atoms with Gasteiger partial charge in [0, 0.05) is 41.4 Å². The molecular formula is C30H32ClF2N3O4. The largest absolute Gasteiger partial charge is 0.481 e. The number of benzene rings is 2. The van der Waals surface area contributed by atoms with Crippen LogP contribution in [0.3, 0.4) is 0 Å². The van der Waals surface area contributed by atoms with Gasteiger partial charge < -0.3 is 18.8 Å². The zero-order chi connectivity index (χ0) is 29.2. The molecule has 0 N–H and O–H groups in total. The number of aromatic nitrogens is 3. The van der Waals surface area contributed by atoms with Crippen LogP contribution in [0.1, 0.15) is 63.1 Å². The molecule has 0 unspecified atom stereocenters. The van der Waals surface area contributed by atoms with Gasteiger partial charge >= 0.3 is 12.6 Å². The van der Waals surface area contributed by atoms with Gasteiger partial charge in [-0.2, -0.15) is 8.78 Å². The molecule has 0 aliphatic carbocycles. The van der Waals surface area contributed by atoms with Gasteiger partial charge in [-0.1, -0.05) is 37.6 Å². The van der Waals surface area contributed by atoms with Crippen molar-refractivity contribution in [3.05, 3.63) is 76.3 Å². The number of hydrogen-bond acceptors (Lipinski definition) is 6. The van der Waals surface area contributed by atoms with Crippen molar-refractivity contribution in [3.63, 3.8) is 0 Å². The quantitative estimate of drug-likeness (QED) is 0.195. The molecule has 0 saturated heterocycles. The number of esters is 1. The van der Waals surface area contributed by atoms with Crippen LogP contribution >= 0.6 is 11.6 Å². The van der Waals surface area contributed by atoms with Crippen LogP contribution < -0.4 is 9.47 Å². The monoisotopic (exact) mass is 571 g/mol. The summed E-state index contributed by atoms with van der Waals surface area (Å²) in [6, 6.07) is 10.9. The lowest BCUT2D eigenvalue weighted by Gasteiger charge is -2.20. The van der Waals surface area contributed by atoms with Crippen molar-refractivity contribution >= 4 is 28.5 Å². The predicted molar refractivity (Wildman–Crippen MR) is 150 cm³/mol. The van der Waals surface area contributed by atoms with E-state index < -0.39 is 18.2 Å². The lowest BCUT2D eigenvalue weighted by atomic mass is 9.97. The number of aryl methyl sites for hydroxylation is 1. The molecule has 4 aromatic rings. The Morgan fingerprint density at radius 3 is 2.42 bits per heavy atom. The number of hydrogen-bond donors (Lipinski definition) is 0. The van der Waals surface area contributed by atoms with E-state index in [0.717, 1.165) is 17.1 Å². The molecule has 40 heavy (non-hydrogen) atoms. The third kappa shape index (κ3) is 6.70. The molecule has 2 aromatic carbocycles. The molecule has 0 aliphatic rings. The lowest BCUT2D eigenvalue weighted by Crippen LogP contribution is -2.27. The molecule has 212 valence electrons. The van der Waals surface area contributed by atoms with Crippen molar-refractivity contribution in [1.29, 1.82) is 0 Å². The topological polar surface area (TPSA) is 75.5 Å². The highest BCUT2D eigenvalue weighted by molar-refractivity contribution is 6.35. The van der Waals surface area contributed by atoms with Crippen molar-refractivity contribution in [2.75, 3.05) is 6.61 Å². The smallest absolute Gasteiger partial charge is 0.388 e. The van der Waals surface area contributed by atoms with Crippen LogP contribution in [0.4, 0.5) is 8.78 Å². The molecule has 0 saturated carbocycles. The van der Waals surface area contributed by atoms with Crippen molar-refractivity contribution in [1.82, 2.24) is 14.5 Å². The van der Waals surface area contributed by atoms with E-state index in [2.05, 4.69) is 23.8 Å². The Bertz CT molecular complexity index is 1510. The van der Waals surface area contributed by atoms with Gasteiger partial charge in [0.1, 0.15) is 17.2 Å². The first-order valence-corrected chi connectivity index (χ1v) is 13.3. The van der Waals surface area contributed by atoms with Crippen molar-refractivity contribution in [2.24, 2.45) is 0 Å². The maximum atomic E-state index is 13.4. The fourth-order valence-corrected chi connectivity index (χ4v) is 4.66. The lowest BCUT2D eigenvalue weighted by molar-refractivity contribution is -0.157. The van der Waals surface area contributed by atoms with Crippen LogP contribution in [0.15, 0.2) is 48.8 Å². The molecule has 2 heterocycles. The summed E-state index contributed by atoms with van der Waals surface area (Å²) in [4.78, 5) is 21.1. The zero-order valence-corrected chi connectivity index (χ0v) is 24.1. The summed E-state index contributed by atoms with van der Waals surface area (Å²) in [5, 5.41) is 0.739. The number of rotatable bonds is 9. The molecule has 0 radical (unpaired) electrons. The molecule has 0 spiro atoms. The van der Waals surface area contributed by atoms with Gasteiger partial charge in [0.2, 0.25) is 5.88 Å². The number of pyridine rings is 1. The summed E-state index contributed by atoms with van der Waals surface area (Å²) in [5.74, 6) is 0.751. The molecule has 0 bridgehead atoms. The fourth-order valence-electron chi connectivity index (χ4n) is 4.46. The van der Waals surface area contributed by atoms with Gasteiger partial charge in [-0.05, 0) is 63.1 Å². The second kappa shape index (κ2) is 11.8. The summed E-state index contributed by atoms with van der Waals surface area (Å²) in [6.07, 6.45) is 3.92. The Morgan fingerprint density at radius 1 is 1.10 bits per heavy atom. The van der Waals surface area contributed by atoms with E-state index in [1.165, 1.54) is 6.07 Å². The molecule has 2 aromatic heterocycles. The van der Waals surface area contributed by atoms with Gasteiger partial charge in [0.25, 0.3) is 0 Å². The van der Waals surface area contributed by atoms with Crippen LogP contribution in [-0.2, 0) is 16.0 Å². The van der Waals surface area contributed by atoms with Crippen molar-refractivity contribution in [3.8, 4) is 17.3 Å². The minimum atomic E-state index is -3.08. The van der Waals surface area contributed by atoms with E-state index >= 15 is 0 Å². The third-order valence-corrected chi connectivity index (χ3v) is 6.44. The number of carbonyl (C=O) groups excluding carboxylic acids is 1. The Morgan fingerprint density at radius 2 is 1.80 bits per heavy atom. The Labute approximate surface area is 237 Å². The first-order chi connectivity index (χ1) is 18.8. The number of ether oxygens (including phenoxy) is 3. The number of fused-ring (bicyclic) bond motifs is 1. The maximum Gasteiger partial charge on any atom is 0.388 e. The first-order valence-electron chi connectivity index (χ1n) is 12.9. The predicted octanol–water partition coefficient (Wildman–Crippen LogP) is 7.42. The number of imidazole rings is 1. The van der Waals surface area contributed by atoms with Gasteiger partial charge in [-0.3, -0.25) is 0 Å². The second-order valence-electron chi connectivity index (χ2n) is 10.7. The minimum absolute atomic E-state index is 0.216. The number of nitrogens with zero attached hydrogens (tertiary/aromatic N) is 3. The van der Waals surface area contributed by atoms with Crippen molar-refractivity contribution in [2.45, 2.75) is 66.1 Å². The molecule has 0 fully saturated rings. The highest BCUT2D eigenvalue weighted by Crippen LogP contribution is 2.39. The van der Waals surface area contributed by atoms with E-state index in [9.17, 15) is 13.6 Å². The minimum Gasteiger partial charge on any atom is -0.481 e. The van der Waals surface area contributed by atoms with Gasteiger partial charge in [0.05, 0.1) is 10.5 Å². The van der Waals surface area contributed by atoms with Crippen LogP contribution in [-0.4, -0.2) is 39.3 Å². The maximum absolute atomic E-state index is 13.4. The average molecular weight is 572 g/mol. The average Bonchev–Trinajstić information content (AvgIpc) is 3.36. The summed E-state index contributed by atoms with van der Waals surface area (Å²) in [5.41, 5.74) is 2.41. The number of alkyl halides is 2. The van der Waals surface area contributed by atoms with E-state index in [1.807, 2.05) is 35.0 Å². The van der Waals surface area contributed by atoms with Gasteiger partial charge in [0.15, 0.2) is 6.61 Å². The molecule has 7 nitrogen and oxygen atoms in total. The van der Waals surface area contributed by atoms with Crippen LogP contribution in [0.2, 0.25) is 5.02 Å². The number of halogens is 3. The zero-order valence-electron chi connectivity index (χ0n) is 23.3. The van der Waals surface area contributed by atoms with Crippen LogP contribution in [0.5, 0.6) is 11.6 Å². The first kappa shape index (κ1) is 29.3. The van der Waals surface area contributed by atoms with Gasteiger partial charge in [-0.15, -0.1) is 0 Å². The van der Waals surface area contributed by atoms with Gasteiger partial charge in [-0.25, -0.2) is 14.8 Å². The van der Waals surface area contributed by atoms with E-state index in [-0.39, 0.29) is 35.4 Å². The fraction of sp³-hybridized carbons (Fsp3) is 0.367. The summed E-state index contributed by atoms with van der Waals surface area (Å²) in [7, 11) is 0. The Balaban J connectivity index is 1.72. The SMILES string of the molecule is Cc1c(Cc2ccc(-n3ccnc3C(C)C)cc2)c(OC(F)F)nc2c(Cl)ccc(OCC(=O)OC(C)(C)C)c12. The molecule has 10 heteroatoms. The molecular weight excluding hydrogens is 540 g/mol.